The van der Waals surface area contributed by atoms with E-state index in [1.54, 1.807) is 18.9 Å². The molecule has 0 saturated heterocycles. The molecule has 1 fully saturated rings. The molecular formula is C16H22O3S. The van der Waals surface area contributed by atoms with Crippen molar-refractivity contribution < 1.29 is 14.3 Å². The summed E-state index contributed by atoms with van der Waals surface area (Å²) in [6.07, 6.45) is 6.59. The van der Waals surface area contributed by atoms with Crippen LogP contribution >= 0.6 is 11.8 Å². The second-order valence-electron chi connectivity index (χ2n) is 5.11. The van der Waals surface area contributed by atoms with Crippen LogP contribution in [-0.4, -0.2) is 38.0 Å². The number of rotatable bonds is 6. The first-order chi connectivity index (χ1) is 9.72. The fraction of sp³-hybridized carbons (Fsp3) is 0.562. The van der Waals surface area contributed by atoms with Gasteiger partial charge in [-0.15, -0.1) is 11.8 Å². The zero-order chi connectivity index (χ0) is 14.4. The third-order valence-electron chi connectivity index (χ3n) is 3.77. The van der Waals surface area contributed by atoms with Crippen LogP contribution in [0, 0.1) is 0 Å². The van der Waals surface area contributed by atoms with E-state index in [0.29, 0.717) is 0 Å². The van der Waals surface area contributed by atoms with Crippen LogP contribution in [0.5, 0.6) is 0 Å². The minimum Gasteiger partial charge on any atom is -0.381 e. The van der Waals surface area contributed by atoms with Crippen LogP contribution in [0.2, 0.25) is 0 Å². The normalized spacial score (nSPS) is 22.7. The summed E-state index contributed by atoms with van der Waals surface area (Å²) < 4.78 is 11.1. The average Bonchev–Trinajstić information content (AvgIpc) is 2.53. The molecule has 3 nitrogen and oxygen atoms in total. The SMILES string of the molecule is COC1CCCC(OCC(=O)c2ccc(SC)cc2)C1. The predicted molar refractivity (Wildman–Crippen MR) is 81.6 cm³/mol. The number of Topliss-reactive ketones (excluding diaryl/α,β-unsaturated/α-hetero) is 1. The Kier molecular flexibility index (Phi) is 6.07. The fourth-order valence-electron chi connectivity index (χ4n) is 2.52. The van der Waals surface area contributed by atoms with Crippen LogP contribution in [0.4, 0.5) is 0 Å². The highest BCUT2D eigenvalue weighted by atomic mass is 32.2. The zero-order valence-electron chi connectivity index (χ0n) is 12.1. The van der Waals surface area contributed by atoms with Gasteiger partial charge in [-0.3, -0.25) is 4.79 Å². The summed E-state index contributed by atoms with van der Waals surface area (Å²) in [5.41, 5.74) is 0.724. The molecule has 0 radical (unpaired) electrons. The highest BCUT2D eigenvalue weighted by Crippen LogP contribution is 2.23. The largest absolute Gasteiger partial charge is 0.381 e. The lowest BCUT2D eigenvalue weighted by Gasteiger charge is -2.27. The van der Waals surface area contributed by atoms with Crippen LogP contribution in [0.15, 0.2) is 29.2 Å². The highest BCUT2D eigenvalue weighted by Gasteiger charge is 2.22. The molecule has 1 aliphatic rings. The van der Waals surface area contributed by atoms with Gasteiger partial charge in [0.1, 0.15) is 6.61 Å². The van der Waals surface area contributed by atoms with Gasteiger partial charge in [-0.1, -0.05) is 12.1 Å². The Morgan fingerprint density at radius 3 is 2.60 bits per heavy atom. The molecule has 0 spiro atoms. The lowest BCUT2D eigenvalue weighted by molar-refractivity contribution is -0.0243. The molecule has 0 heterocycles. The summed E-state index contributed by atoms with van der Waals surface area (Å²) in [6, 6.07) is 7.69. The van der Waals surface area contributed by atoms with Gasteiger partial charge in [-0.25, -0.2) is 0 Å². The van der Waals surface area contributed by atoms with Crippen molar-refractivity contribution in [2.24, 2.45) is 0 Å². The number of ether oxygens (including phenoxy) is 2. The van der Waals surface area contributed by atoms with Gasteiger partial charge in [0.2, 0.25) is 0 Å². The summed E-state index contributed by atoms with van der Waals surface area (Å²) in [5, 5.41) is 0. The minimum atomic E-state index is 0.0530. The Hall–Kier alpha value is -0.840. The third-order valence-corrected chi connectivity index (χ3v) is 4.52. The molecule has 0 amide bonds. The topological polar surface area (TPSA) is 35.5 Å². The second-order valence-corrected chi connectivity index (χ2v) is 5.99. The number of hydrogen-bond donors (Lipinski definition) is 0. The molecule has 2 atom stereocenters. The van der Waals surface area contributed by atoms with E-state index in [2.05, 4.69) is 0 Å². The van der Waals surface area contributed by atoms with Crippen LogP contribution < -0.4 is 0 Å². The Labute approximate surface area is 125 Å². The molecular weight excluding hydrogens is 272 g/mol. The van der Waals surface area contributed by atoms with Gasteiger partial charge in [-0.05, 0) is 44.1 Å². The van der Waals surface area contributed by atoms with Gasteiger partial charge in [-0.2, -0.15) is 0 Å². The molecule has 0 bridgehead atoms. The molecule has 0 aliphatic heterocycles. The number of benzene rings is 1. The van der Waals surface area contributed by atoms with Gasteiger partial charge in [0.05, 0.1) is 12.2 Å². The van der Waals surface area contributed by atoms with Gasteiger partial charge in [0.15, 0.2) is 5.78 Å². The molecule has 1 aliphatic carbocycles. The summed E-state index contributed by atoms with van der Waals surface area (Å²) in [6.45, 7) is 0.166. The number of methoxy groups -OCH3 is 1. The molecule has 110 valence electrons. The van der Waals surface area contributed by atoms with Crippen molar-refractivity contribution in [1.82, 2.24) is 0 Å². The van der Waals surface area contributed by atoms with Crippen molar-refractivity contribution in [3.8, 4) is 0 Å². The van der Waals surface area contributed by atoms with E-state index in [9.17, 15) is 4.79 Å². The third kappa shape index (κ3) is 4.33. The first-order valence-corrected chi connectivity index (χ1v) is 8.27. The van der Waals surface area contributed by atoms with Crippen molar-refractivity contribution >= 4 is 17.5 Å². The maximum atomic E-state index is 12.1. The summed E-state index contributed by atoms with van der Waals surface area (Å²) in [7, 11) is 1.74. The molecule has 2 rings (SSSR count). The summed E-state index contributed by atoms with van der Waals surface area (Å²) >= 11 is 1.67. The van der Waals surface area contributed by atoms with E-state index in [0.717, 1.165) is 36.1 Å². The lowest BCUT2D eigenvalue weighted by atomic mass is 9.95. The van der Waals surface area contributed by atoms with E-state index < -0.39 is 0 Å². The van der Waals surface area contributed by atoms with Gasteiger partial charge in [0.25, 0.3) is 0 Å². The molecule has 1 aromatic rings. The van der Waals surface area contributed by atoms with Crippen molar-refractivity contribution in [1.29, 1.82) is 0 Å². The van der Waals surface area contributed by atoms with Crippen LogP contribution in [-0.2, 0) is 9.47 Å². The first-order valence-electron chi connectivity index (χ1n) is 7.04. The summed E-state index contributed by atoms with van der Waals surface area (Å²) in [5.74, 6) is 0.0530. The van der Waals surface area contributed by atoms with Gasteiger partial charge < -0.3 is 9.47 Å². The smallest absolute Gasteiger partial charge is 0.188 e. The second kappa shape index (κ2) is 7.81. The number of carbonyl (C=O) groups excluding carboxylic acids is 1. The molecule has 1 saturated carbocycles. The Bertz CT molecular complexity index is 430. The molecule has 20 heavy (non-hydrogen) atoms. The first kappa shape index (κ1) is 15.5. The molecule has 0 N–H and O–H groups in total. The monoisotopic (exact) mass is 294 g/mol. The van der Waals surface area contributed by atoms with Crippen LogP contribution in [0.3, 0.4) is 0 Å². The van der Waals surface area contributed by atoms with E-state index in [1.165, 1.54) is 0 Å². The Morgan fingerprint density at radius 2 is 1.95 bits per heavy atom. The average molecular weight is 294 g/mol. The molecule has 0 aromatic heterocycles. The van der Waals surface area contributed by atoms with Crippen molar-refractivity contribution in [3.05, 3.63) is 29.8 Å². The lowest BCUT2D eigenvalue weighted by Crippen LogP contribution is -2.29. The Morgan fingerprint density at radius 1 is 1.25 bits per heavy atom. The zero-order valence-corrected chi connectivity index (χ0v) is 12.9. The number of carbonyl (C=O) groups is 1. The molecule has 4 heteroatoms. The standard InChI is InChI=1S/C16H22O3S/c1-18-13-4-3-5-14(10-13)19-11-16(17)12-6-8-15(20-2)9-7-12/h6-9,13-14H,3-5,10-11H2,1-2H3. The van der Waals surface area contributed by atoms with Gasteiger partial charge >= 0.3 is 0 Å². The number of hydrogen-bond acceptors (Lipinski definition) is 4. The molecule has 2 unspecified atom stereocenters. The van der Waals surface area contributed by atoms with Gasteiger partial charge in [0, 0.05) is 17.6 Å². The predicted octanol–water partition coefficient (Wildman–Crippen LogP) is 3.57. The minimum absolute atomic E-state index is 0.0530. The van der Waals surface area contributed by atoms with E-state index >= 15 is 0 Å². The maximum Gasteiger partial charge on any atom is 0.188 e. The van der Waals surface area contributed by atoms with Crippen LogP contribution in [0.25, 0.3) is 0 Å². The highest BCUT2D eigenvalue weighted by molar-refractivity contribution is 7.98. The van der Waals surface area contributed by atoms with Crippen molar-refractivity contribution in [3.63, 3.8) is 0 Å². The van der Waals surface area contributed by atoms with E-state index in [4.69, 9.17) is 9.47 Å². The summed E-state index contributed by atoms with van der Waals surface area (Å²) in [4.78, 5) is 13.2. The fourth-order valence-corrected chi connectivity index (χ4v) is 2.93. The van der Waals surface area contributed by atoms with E-state index in [1.807, 2.05) is 30.5 Å². The number of thioether (sulfide) groups is 1. The quantitative estimate of drug-likeness (QED) is 0.593. The van der Waals surface area contributed by atoms with Crippen molar-refractivity contribution in [2.75, 3.05) is 20.0 Å². The Balaban J connectivity index is 1.82. The number of ketones is 1. The van der Waals surface area contributed by atoms with Crippen molar-refractivity contribution in [2.45, 2.75) is 42.8 Å². The van der Waals surface area contributed by atoms with E-state index in [-0.39, 0.29) is 24.6 Å². The maximum absolute atomic E-state index is 12.1. The van der Waals surface area contributed by atoms with Crippen LogP contribution in [0.1, 0.15) is 36.0 Å². The molecule has 1 aromatic carbocycles.